The maximum atomic E-state index is 12.9. The molecule has 8 N–H and O–H groups in total. The first-order valence-corrected chi connectivity index (χ1v) is 13.6. The molecule has 9 atom stereocenters. The Balaban J connectivity index is 1.28. The third-order valence-corrected chi connectivity index (χ3v) is 7.90. The van der Waals surface area contributed by atoms with E-state index in [4.69, 9.17) is 30.0 Å². The number of nitrogens with one attached hydrogen (secondary N) is 1. The third-order valence-electron chi connectivity index (χ3n) is 6.91. The predicted molar refractivity (Wildman–Crippen MR) is 133 cm³/mol. The first kappa shape index (κ1) is 28.2. The van der Waals surface area contributed by atoms with Crippen LogP contribution in [-0.4, -0.2) is 86.8 Å². The van der Waals surface area contributed by atoms with Crippen molar-refractivity contribution in [3.8, 4) is 0 Å². The molecule has 2 fully saturated rings. The second-order valence-corrected chi connectivity index (χ2v) is 10.9. The van der Waals surface area contributed by atoms with Gasteiger partial charge < -0.3 is 36.0 Å². The van der Waals surface area contributed by atoms with E-state index in [0.29, 0.717) is 0 Å². The van der Waals surface area contributed by atoms with Crippen LogP contribution >= 0.6 is 7.82 Å². The Labute approximate surface area is 224 Å². The van der Waals surface area contributed by atoms with Gasteiger partial charge >= 0.3 is 13.5 Å². The zero-order chi connectivity index (χ0) is 28.9. The molecule has 0 radical (unpaired) electrons. The third kappa shape index (κ3) is 5.13. The molecular weight excluding hydrogens is 557 g/mol. The van der Waals surface area contributed by atoms with Crippen LogP contribution in [0.15, 0.2) is 22.2 Å². The lowest BCUT2D eigenvalue weighted by atomic mass is 10.0. The molecule has 2 saturated heterocycles. The van der Waals surface area contributed by atoms with Crippen LogP contribution in [0.1, 0.15) is 26.3 Å². The van der Waals surface area contributed by atoms with Crippen molar-refractivity contribution in [1.82, 2.24) is 34.1 Å². The molecule has 19 nitrogen and oxygen atoms in total. The molecule has 0 aliphatic carbocycles. The van der Waals surface area contributed by atoms with Crippen molar-refractivity contribution in [2.75, 3.05) is 24.7 Å². The Morgan fingerprint density at radius 2 is 1.75 bits per heavy atom. The molecule has 20 heteroatoms. The molecule has 0 spiro atoms. The van der Waals surface area contributed by atoms with Gasteiger partial charge in [0.1, 0.15) is 37.1 Å². The van der Waals surface area contributed by atoms with Crippen molar-refractivity contribution < 1.29 is 38.2 Å². The van der Waals surface area contributed by atoms with Crippen molar-refractivity contribution in [3.05, 3.63) is 33.5 Å². The number of H-pyrrole nitrogens is 1. The Bertz CT molecular complexity index is 1560. The lowest BCUT2D eigenvalue weighted by molar-refractivity contribution is -0.0576. The summed E-state index contributed by atoms with van der Waals surface area (Å²) in [5.41, 5.74) is 9.87. The standard InChI is InChI=1S/C20H28N9O10P/c1-7-12(31)10(38-16(7)29-6-24-18(21)27-20(29)33)4-36-40(34,35)39-13-8(2)17(37-9(13)3-30)28-5-23-11-14(28)25-19(22)26-15(11)32/h5-10,12-13,16-17,30-31H,3-4H2,1-2H3,(H,34,35)(H2,21,27,33)(H3,22,25,26,32)/t7-,8-,9+,10+,12?,13?,16+,17+/m0/s1. The van der Waals surface area contributed by atoms with Crippen LogP contribution in [0.25, 0.3) is 11.2 Å². The molecule has 3 unspecified atom stereocenters. The number of nitrogens with two attached hydrogens (primary N) is 2. The summed E-state index contributed by atoms with van der Waals surface area (Å²) in [6.07, 6.45) is -3.97. The van der Waals surface area contributed by atoms with Gasteiger partial charge in [0, 0.05) is 11.8 Å². The molecule has 0 aromatic carbocycles. The number of ether oxygens (including phenoxy) is 2. The molecule has 2 aliphatic rings. The largest absolute Gasteiger partial charge is 0.472 e. The molecule has 0 saturated carbocycles. The number of imidazole rings is 1. The summed E-state index contributed by atoms with van der Waals surface area (Å²) in [6.45, 7) is 2.09. The number of anilines is 2. The van der Waals surface area contributed by atoms with Crippen LogP contribution in [0.4, 0.5) is 11.9 Å². The van der Waals surface area contributed by atoms with Gasteiger partial charge in [-0.05, 0) is 0 Å². The number of hydrogen-bond donors (Lipinski definition) is 6. The number of hydrogen-bond acceptors (Lipinski definition) is 15. The SMILES string of the molecule is C[C@H]1C(O)[C@@H](COP(=O)(O)OC2[C@@H](CO)O[C@@H](n3cnc4c(=O)[nH]c(N)nc43)[C@H]2C)O[C@H]1n1cnc(N)nc1=O. The zero-order valence-electron chi connectivity index (χ0n) is 21.2. The molecular formula is C20H28N9O10P. The number of aromatic nitrogens is 7. The van der Waals surface area contributed by atoms with Gasteiger partial charge in [-0.3, -0.25) is 28.0 Å². The minimum Gasteiger partial charge on any atom is -0.394 e. The quantitative estimate of drug-likeness (QED) is 0.154. The van der Waals surface area contributed by atoms with E-state index in [-0.39, 0.29) is 23.1 Å². The number of fused-ring (bicyclic) bond motifs is 1. The Morgan fingerprint density at radius 3 is 2.45 bits per heavy atom. The fraction of sp³-hybridized carbons (Fsp3) is 0.600. The maximum absolute atomic E-state index is 12.9. The average molecular weight is 585 g/mol. The highest BCUT2D eigenvalue weighted by Crippen LogP contribution is 2.51. The molecule has 0 amide bonds. The van der Waals surface area contributed by atoms with Crippen LogP contribution in [0.2, 0.25) is 0 Å². The highest BCUT2D eigenvalue weighted by molar-refractivity contribution is 7.47. The monoisotopic (exact) mass is 585 g/mol. The summed E-state index contributed by atoms with van der Waals surface area (Å²) in [5.74, 6) is -1.68. The highest BCUT2D eigenvalue weighted by Gasteiger charge is 2.48. The summed E-state index contributed by atoms with van der Waals surface area (Å²) in [5, 5.41) is 20.5. The van der Waals surface area contributed by atoms with Gasteiger partial charge in [-0.15, -0.1) is 0 Å². The number of nitrogen functional groups attached to an aromatic ring is 2. The number of aliphatic hydroxyl groups excluding tert-OH is 2. The minimum atomic E-state index is -4.81. The van der Waals surface area contributed by atoms with E-state index in [9.17, 15) is 29.3 Å². The van der Waals surface area contributed by atoms with Crippen molar-refractivity contribution >= 4 is 30.9 Å². The van der Waals surface area contributed by atoms with Gasteiger partial charge in [-0.2, -0.15) is 9.97 Å². The maximum Gasteiger partial charge on any atom is 0.472 e. The summed E-state index contributed by atoms with van der Waals surface area (Å²) in [4.78, 5) is 52.5. The lowest BCUT2D eigenvalue weighted by Crippen LogP contribution is -2.32. The first-order valence-electron chi connectivity index (χ1n) is 12.1. The minimum absolute atomic E-state index is 0.00142. The van der Waals surface area contributed by atoms with Gasteiger partial charge in [0.25, 0.3) is 5.56 Å². The van der Waals surface area contributed by atoms with Crippen LogP contribution in [0.3, 0.4) is 0 Å². The summed E-state index contributed by atoms with van der Waals surface area (Å²) in [6, 6.07) is 0. The normalized spacial score (nSPS) is 32.0. The number of nitrogens with zero attached hydrogens (tertiary/aromatic N) is 6. The fourth-order valence-corrected chi connectivity index (χ4v) is 5.90. The van der Waals surface area contributed by atoms with Gasteiger partial charge in [0.2, 0.25) is 11.9 Å². The smallest absolute Gasteiger partial charge is 0.394 e. The molecule has 2 aliphatic heterocycles. The van der Waals surface area contributed by atoms with Crippen LogP contribution in [0.5, 0.6) is 0 Å². The van der Waals surface area contributed by atoms with Crippen LogP contribution < -0.4 is 22.7 Å². The second-order valence-electron chi connectivity index (χ2n) is 9.54. The Hall–Kier alpha value is -3.29. The van der Waals surface area contributed by atoms with E-state index in [0.717, 1.165) is 10.9 Å². The average Bonchev–Trinajstić information content (AvgIpc) is 3.53. The first-order chi connectivity index (χ1) is 18.9. The molecule has 3 aromatic rings. The van der Waals surface area contributed by atoms with E-state index in [1.807, 2.05) is 0 Å². The fourth-order valence-electron chi connectivity index (χ4n) is 4.87. The zero-order valence-corrected chi connectivity index (χ0v) is 22.1. The summed E-state index contributed by atoms with van der Waals surface area (Å²) in [7, 11) is -4.81. The topological polar surface area (TPSA) is 278 Å². The van der Waals surface area contributed by atoms with Gasteiger partial charge in [-0.25, -0.2) is 19.3 Å². The predicted octanol–water partition coefficient (Wildman–Crippen LogP) is -2.14. The molecule has 0 bridgehead atoms. The lowest BCUT2D eigenvalue weighted by Gasteiger charge is -2.24. The van der Waals surface area contributed by atoms with E-state index < -0.39 is 81.0 Å². The van der Waals surface area contributed by atoms with E-state index in [1.165, 1.54) is 10.9 Å². The second kappa shape index (κ2) is 10.6. The van der Waals surface area contributed by atoms with Crippen LogP contribution in [0, 0.1) is 11.8 Å². The molecule has 5 heterocycles. The van der Waals surface area contributed by atoms with Gasteiger partial charge in [0.15, 0.2) is 11.2 Å². The van der Waals surface area contributed by atoms with E-state index >= 15 is 0 Å². The Morgan fingerprint density at radius 1 is 1.07 bits per heavy atom. The van der Waals surface area contributed by atoms with Crippen molar-refractivity contribution in [1.29, 1.82) is 0 Å². The Kier molecular flexibility index (Phi) is 7.48. The van der Waals surface area contributed by atoms with Crippen molar-refractivity contribution in [2.24, 2.45) is 11.8 Å². The number of phosphoric ester groups is 1. The van der Waals surface area contributed by atoms with Gasteiger partial charge in [0.05, 0.1) is 25.6 Å². The number of aliphatic hydroxyl groups is 2. The molecule has 40 heavy (non-hydrogen) atoms. The highest BCUT2D eigenvalue weighted by atomic mass is 31.2. The number of phosphoric acid groups is 1. The number of aromatic amines is 1. The molecule has 5 rings (SSSR count). The van der Waals surface area contributed by atoms with Gasteiger partial charge in [-0.1, -0.05) is 13.8 Å². The van der Waals surface area contributed by atoms with E-state index in [2.05, 4.69) is 24.9 Å². The van der Waals surface area contributed by atoms with Crippen LogP contribution in [-0.2, 0) is 23.1 Å². The van der Waals surface area contributed by atoms with Crippen molar-refractivity contribution in [2.45, 2.75) is 50.7 Å². The number of rotatable bonds is 8. The molecule has 218 valence electrons. The van der Waals surface area contributed by atoms with Crippen molar-refractivity contribution in [3.63, 3.8) is 0 Å². The summed E-state index contributed by atoms with van der Waals surface area (Å²) >= 11 is 0. The summed E-state index contributed by atoms with van der Waals surface area (Å²) < 4.78 is 37.5. The molecule has 3 aromatic heterocycles. The van der Waals surface area contributed by atoms with E-state index in [1.54, 1.807) is 13.8 Å².